The van der Waals surface area contributed by atoms with Gasteiger partial charge < -0.3 is 10.2 Å². The Morgan fingerprint density at radius 1 is 0.917 bits per heavy atom. The fourth-order valence-electron chi connectivity index (χ4n) is 2.24. The molecular weight excluding hydrogens is 300 g/mol. The van der Waals surface area contributed by atoms with Crippen LogP contribution in [0, 0.1) is 0 Å². The van der Waals surface area contributed by atoms with E-state index in [-0.39, 0.29) is 5.91 Å². The summed E-state index contributed by atoms with van der Waals surface area (Å²) in [5, 5.41) is 2.87. The monoisotopic (exact) mass is 318 g/mol. The highest BCUT2D eigenvalue weighted by Crippen LogP contribution is 2.17. The van der Waals surface area contributed by atoms with Crippen LogP contribution in [-0.2, 0) is 0 Å². The maximum Gasteiger partial charge on any atom is 0.257 e. The molecule has 0 bridgehead atoms. The lowest BCUT2D eigenvalue weighted by molar-refractivity contribution is 0.102. The van der Waals surface area contributed by atoms with Crippen LogP contribution in [0.2, 0.25) is 0 Å². The molecule has 0 aliphatic carbocycles. The molecule has 0 atom stereocenters. The van der Waals surface area contributed by atoms with E-state index in [4.69, 9.17) is 0 Å². The minimum absolute atomic E-state index is 0.187. The predicted octanol–water partition coefficient (Wildman–Crippen LogP) is 3.46. The molecule has 0 saturated carbocycles. The van der Waals surface area contributed by atoms with E-state index in [9.17, 15) is 4.79 Å². The smallest absolute Gasteiger partial charge is 0.257 e. The molecule has 0 aliphatic rings. The normalized spacial score (nSPS) is 10.2. The third-order valence-corrected chi connectivity index (χ3v) is 3.59. The van der Waals surface area contributed by atoms with Crippen LogP contribution in [0.5, 0.6) is 0 Å². The summed E-state index contributed by atoms with van der Waals surface area (Å²) in [6, 6.07) is 16.9. The van der Waals surface area contributed by atoms with Gasteiger partial charge in [-0.3, -0.25) is 14.8 Å². The minimum atomic E-state index is -0.187. The molecule has 5 heteroatoms. The summed E-state index contributed by atoms with van der Waals surface area (Å²) in [4.78, 5) is 22.9. The van der Waals surface area contributed by atoms with E-state index in [1.165, 1.54) is 0 Å². The molecule has 0 spiro atoms. The van der Waals surface area contributed by atoms with Crippen molar-refractivity contribution in [3.63, 3.8) is 0 Å². The van der Waals surface area contributed by atoms with Crippen molar-refractivity contribution in [2.75, 3.05) is 24.3 Å². The van der Waals surface area contributed by atoms with Crippen molar-refractivity contribution in [3.8, 4) is 11.4 Å². The second-order valence-corrected chi connectivity index (χ2v) is 5.54. The zero-order valence-electron chi connectivity index (χ0n) is 13.6. The van der Waals surface area contributed by atoms with Crippen molar-refractivity contribution in [2.45, 2.75) is 0 Å². The van der Waals surface area contributed by atoms with E-state index < -0.39 is 0 Å². The minimum Gasteiger partial charge on any atom is -0.378 e. The lowest BCUT2D eigenvalue weighted by Gasteiger charge is -2.13. The number of nitrogens with zero attached hydrogens (tertiary/aromatic N) is 3. The SMILES string of the molecule is CN(C)c1ccc(NC(=O)c2ccc(-c3ccccn3)nc2)cc1. The van der Waals surface area contributed by atoms with Gasteiger partial charge in [0.15, 0.2) is 0 Å². The molecule has 120 valence electrons. The van der Waals surface area contributed by atoms with Crippen molar-refractivity contribution in [2.24, 2.45) is 0 Å². The second-order valence-electron chi connectivity index (χ2n) is 5.54. The van der Waals surface area contributed by atoms with Crippen LogP contribution in [0.15, 0.2) is 67.0 Å². The number of amides is 1. The van der Waals surface area contributed by atoms with Gasteiger partial charge in [-0.2, -0.15) is 0 Å². The summed E-state index contributed by atoms with van der Waals surface area (Å²) in [6.07, 6.45) is 3.28. The third kappa shape index (κ3) is 3.57. The first-order chi connectivity index (χ1) is 11.6. The standard InChI is InChI=1S/C19H18N4O/c1-23(2)16-9-7-15(8-10-16)22-19(24)14-6-11-18(21-13-14)17-5-3-4-12-20-17/h3-13H,1-2H3,(H,22,24). The van der Waals surface area contributed by atoms with Gasteiger partial charge in [0, 0.05) is 37.9 Å². The van der Waals surface area contributed by atoms with Gasteiger partial charge in [0.25, 0.3) is 5.91 Å². The lowest BCUT2D eigenvalue weighted by Crippen LogP contribution is -2.13. The highest BCUT2D eigenvalue weighted by molar-refractivity contribution is 6.04. The first-order valence-electron chi connectivity index (χ1n) is 7.60. The average Bonchev–Trinajstić information content (AvgIpc) is 2.63. The molecule has 0 radical (unpaired) electrons. The Morgan fingerprint density at radius 3 is 2.25 bits per heavy atom. The van der Waals surface area contributed by atoms with E-state index in [0.717, 1.165) is 22.8 Å². The van der Waals surface area contributed by atoms with Gasteiger partial charge in [-0.05, 0) is 48.5 Å². The van der Waals surface area contributed by atoms with Crippen LogP contribution in [0.4, 0.5) is 11.4 Å². The Hall–Kier alpha value is -3.21. The van der Waals surface area contributed by atoms with E-state index in [0.29, 0.717) is 5.56 Å². The number of aromatic nitrogens is 2. The zero-order chi connectivity index (χ0) is 16.9. The van der Waals surface area contributed by atoms with Crippen LogP contribution < -0.4 is 10.2 Å². The molecule has 0 saturated heterocycles. The fourth-order valence-corrected chi connectivity index (χ4v) is 2.24. The number of hydrogen-bond donors (Lipinski definition) is 1. The zero-order valence-corrected chi connectivity index (χ0v) is 13.6. The number of anilines is 2. The summed E-state index contributed by atoms with van der Waals surface area (Å²) in [7, 11) is 3.95. The molecule has 2 aromatic heterocycles. The molecule has 3 aromatic rings. The van der Waals surface area contributed by atoms with Crippen molar-refractivity contribution < 1.29 is 4.79 Å². The molecule has 0 aliphatic heterocycles. The average molecular weight is 318 g/mol. The number of pyridine rings is 2. The molecule has 1 N–H and O–H groups in total. The number of hydrogen-bond acceptors (Lipinski definition) is 4. The van der Waals surface area contributed by atoms with E-state index >= 15 is 0 Å². The van der Waals surface area contributed by atoms with Crippen molar-refractivity contribution in [1.29, 1.82) is 0 Å². The maximum absolute atomic E-state index is 12.3. The van der Waals surface area contributed by atoms with Gasteiger partial charge in [-0.15, -0.1) is 0 Å². The summed E-state index contributed by atoms with van der Waals surface area (Å²) in [6.45, 7) is 0. The Morgan fingerprint density at radius 2 is 1.67 bits per heavy atom. The highest BCUT2D eigenvalue weighted by Gasteiger charge is 2.08. The van der Waals surface area contributed by atoms with E-state index in [2.05, 4.69) is 15.3 Å². The molecule has 1 aromatic carbocycles. The van der Waals surface area contributed by atoms with Gasteiger partial charge in [-0.1, -0.05) is 6.07 Å². The van der Waals surface area contributed by atoms with Gasteiger partial charge in [0.2, 0.25) is 0 Å². The van der Waals surface area contributed by atoms with Gasteiger partial charge in [-0.25, -0.2) is 0 Å². The molecule has 24 heavy (non-hydrogen) atoms. The molecule has 3 rings (SSSR count). The van der Waals surface area contributed by atoms with Crippen LogP contribution in [0.3, 0.4) is 0 Å². The molecule has 2 heterocycles. The molecule has 1 amide bonds. The van der Waals surface area contributed by atoms with Crippen molar-refractivity contribution in [1.82, 2.24) is 9.97 Å². The van der Waals surface area contributed by atoms with Gasteiger partial charge in [0.1, 0.15) is 0 Å². The first-order valence-corrected chi connectivity index (χ1v) is 7.60. The fraction of sp³-hybridized carbons (Fsp3) is 0.105. The Bertz CT molecular complexity index is 812. The largest absolute Gasteiger partial charge is 0.378 e. The van der Waals surface area contributed by atoms with Gasteiger partial charge >= 0.3 is 0 Å². The number of nitrogens with one attached hydrogen (secondary N) is 1. The van der Waals surface area contributed by atoms with Crippen molar-refractivity contribution in [3.05, 3.63) is 72.6 Å². The maximum atomic E-state index is 12.3. The van der Waals surface area contributed by atoms with Crippen LogP contribution in [0.25, 0.3) is 11.4 Å². The summed E-state index contributed by atoms with van der Waals surface area (Å²) < 4.78 is 0. The van der Waals surface area contributed by atoms with Crippen LogP contribution in [-0.4, -0.2) is 30.0 Å². The first kappa shape index (κ1) is 15.7. The number of benzene rings is 1. The predicted molar refractivity (Wildman–Crippen MR) is 96.2 cm³/mol. The van der Waals surface area contributed by atoms with Crippen molar-refractivity contribution >= 4 is 17.3 Å². The van der Waals surface area contributed by atoms with E-state index in [1.807, 2.05) is 61.5 Å². The van der Waals surface area contributed by atoms with E-state index in [1.54, 1.807) is 24.5 Å². The topological polar surface area (TPSA) is 58.1 Å². The quantitative estimate of drug-likeness (QED) is 0.800. The Labute approximate surface area is 141 Å². The summed E-state index contributed by atoms with van der Waals surface area (Å²) in [5.74, 6) is -0.187. The Balaban J connectivity index is 1.71. The lowest BCUT2D eigenvalue weighted by atomic mass is 10.2. The number of carbonyl (C=O) groups excluding carboxylic acids is 1. The number of rotatable bonds is 4. The second kappa shape index (κ2) is 6.91. The van der Waals surface area contributed by atoms with Crippen LogP contribution in [0.1, 0.15) is 10.4 Å². The molecular formula is C19H18N4O. The van der Waals surface area contributed by atoms with Crippen LogP contribution >= 0.6 is 0 Å². The summed E-state index contributed by atoms with van der Waals surface area (Å²) in [5.41, 5.74) is 3.85. The molecule has 0 fully saturated rings. The highest BCUT2D eigenvalue weighted by atomic mass is 16.1. The van der Waals surface area contributed by atoms with Gasteiger partial charge in [0.05, 0.1) is 17.0 Å². The third-order valence-electron chi connectivity index (χ3n) is 3.59. The number of carbonyl (C=O) groups is 1. The molecule has 5 nitrogen and oxygen atoms in total. The molecule has 0 unspecified atom stereocenters. The Kier molecular flexibility index (Phi) is 4.52. The summed E-state index contributed by atoms with van der Waals surface area (Å²) >= 11 is 0.